The Labute approximate surface area is 93.8 Å². The van der Waals surface area contributed by atoms with Crippen molar-refractivity contribution >= 4 is 11.0 Å². The minimum atomic E-state index is -1.50. The lowest BCUT2D eigenvalue weighted by Gasteiger charge is -1.56. The zero-order chi connectivity index (χ0) is 14.3. The lowest BCUT2D eigenvalue weighted by Crippen LogP contribution is -1.81. The van der Waals surface area contributed by atoms with Gasteiger partial charge in [-0.25, -0.2) is 0 Å². The lowest BCUT2D eigenvalue weighted by atomic mass is 13.1. The predicted octanol–water partition coefficient (Wildman–Crippen LogP) is -2.84. The van der Waals surface area contributed by atoms with Gasteiger partial charge in [0, 0.05) is 0 Å². The van der Waals surface area contributed by atoms with Crippen molar-refractivity contribution in [1.29, 1.82) is 0 Å². The zero-order valence-corrected chi connectivity index (χ0v) is 6.84. The molecule has 0 heterocycles. The molecule has 16 nitrogen and oxygen atoms in total. The standard InChI is InChI=1S/4HNO3.H4Si/c4*2-1(3)4;/h4*(H,2,3,4);1H4. The van der Waals surface area contributed by atoms with Crippen LogP contribution in [0.25, 0.3) is 0 Å². The van der Waals surface area contributed by atoms with Crippen LogP contribution < -0.4 is 0 Å². The maximum atomic E-state index is 8.36. The Hall–Kier alpha value is -2.98. The molecular weight excluding hydrogens is 276 g/mol. The summed E-state index contributed by atoms with van der Waals surface area (Å²) in [6.45, 7) is 0. The summed E-state index contributed by atoms with van der Waals surface area (Å²) in [4.78, 5) is 33.4. The largest absolute Gasteiger partial charge is 0.328 e. The summed E-state index contributed by atoms with van der Waals surface area (Å²) < 4.78 is 0. The van der Waals surface area contributed by atoms with Gasteiger partial charge in [-0.1, -0.05) is 0 Å². The molecule has 0 saturated heterocycles. The van der Waals surface area contributed by atoms with Gasteiger partial charge in [-0.05, 0) is 11.0 Å². The molecule has 104 valence electrons. The average Bonchev–Trinajstić information content (AvgIpc) is 1.76. The van der Waals surface area contributed by atoms with Gasteiger partial charge >= 0.3 is 0 Å². The van der Waals surface area contributed by atoms with Crippen molar-refractivity contribution in [2.75, 3.05) is 0 Å². The van der Waals surface area contributed by atoms with Crippen LogP contribution in [0.2, 0.25) is 0 Å². The molecule has 0 aromatic rings. The van der Waals surface area contributed by atoms with Crippen LogP contribution in [0.3, 0.4) is 0 Å². The molecule has 0 radical (unpaired) electrons. The molecule has 0 amide bonds. The normalized spacial score (nSPS) is 5.65. The Balaban J connectivity index is -0.0000000369. The van der Waals surface area contributed by atoms with Gasteiger partial charge in [0.15, 0.2) is 0 Å². The van der Waals surface area contributed by atoms with Crippen molar-refractivity contribution in [3.05, 3.63) is 40.5 Å². The van der Waals surface area contributed by atoms with Crippen LogP contribution in [-0.2, 0) is 0 Å². The molecule has 0 aromatic heterocycles. The summed E-state index contributed by atoms with van der Waals surface area (Å²) in [6, 6.07) is 0. The van der Waals surface area contributed by atoms with Crippen molar-refractivity contribution < 1.29 is 41.2 Å². The van der Waals surface area contributed by atoms with Crippen LogP contribution in [0.1, 0.15) is 0 Å². The quantitative estimate of drug-likeness (QED) is 0.199. The monoisotopic (exact) mass is 284 g/mol. The predicted molar refractivity (Wildman–Crippen MR) is 46.5 cm³/mol. The lowest BCUT2D eigenvalue weighted by molar-refractivity contribution is -0.742. The van der Waals surface area contributed by atoms with Crippen molar-refractivity contribution in [2.24, 2.45) is 0 Å². The van der Waals surface area contributed by atoms with Gasteiger partial charge < -0.3 is 20.8 Å². The first-order chi connectivity index (χ1) is 6.93. The fourth-order valence-corrected chi connectivity index (χ4v) is 0. The Morgan fingerprint density at radius 1 is 0.529 bits per heavy atom. The topological polar surface area (TPSA) is 253 Å². The average molecular weight is 284 g/mol. The summed E-state index contributed by atoms with van der Waals surface area (Å²) >= 11 is 0. The minimum absolute atomic E-state index is 0. The van der Waals surface area contributed by atoms with Gasteiger partial charge in [0.25, 0.3) is 20.3 Å². The van der Waals surface area contributed by atoms with E-state index >= 15 is 0 Å². The summed E-state index contributed by atoms with van der Waals surface area (Å²) in [5, 5.41) is 54.6. The van der Waals surface area contributed by atoms with Gasteiger partial charge in [0.2, 0.25) is 0 Å². The number of rotatable bonds is 0. The smallest absolute Gasteiger partial charge is 0.291 e. The van der Waals surface area contributed by atoms with Crippen LogP contribution in [0.15, 0.2) is 0 Å². The van der Waals surface area contributed by atoms with Crippen LogP contribution in [0.4, 0.5) is 0 Å². The highest BCUT2D eigenvalue weighted by Crippen LogP contribution is 1.39. The molecule has 0 aliphatic rings. The van der Waals surface area contributed by atoms with Crippen LogP contribution >= 0.6 is 0 Å². The third kappa shape index (κ3) is 178. The minimum Gasteiger partial charge on any atom is -0.328 e. The third-order valence-corrected chi connectivity index (χ3v) is 0. The van der Waals surface area contributed by atoms with E-state index in [0.29, 0.717) is 0 Å². The van der Waals surface area contributed by atoms with E-state index in [1.807, 2.05) is 0 Å². The Bertz CT molecular complexity index is 159. The second-order valence-electron chi connectivity index (χ2n) is 0.951. The van der Waals surface area contributed by atoms with E-state index in [2.05, 4.69) is 0 Å². The molecule has 0 aliphatic heterocycles. The number of nitrogens with zero attached hydrogens (tertiary/aromatic N) is 4. The van der Waals surface area contributed by atoms with Crippen molar-refractivity contribution in [3.63, 3.8) is 0 Å². The van der Waals surface area contributed by atoms with E-state index in [0.717, 1.165) is 0 Å². The molecule has 0 atom stereocenters. The molecule has 4 N–H and O–H groups in total. The van der Waals surface area contributed by atoms with Crippen molar-refractivity contribution in [1.82, 2.24) is 0 Å². The van der Waals surface area contributed by atoms with E-state index < -0.39 is 20.3 Å². The fourth-order valence-electron chi connectivity index (χ4n) is 0. The Morgan fingerprint density at radius 3 is 0.529 bits per heavy atom. The van der Waals surface area contributed by atoms with E-state index in [4.69, 9.17) is 61.3 Å². The summed E-state index contributed by atoms with van der Waals surface area (Å²) in [5.41, 5.74) is 0. The molecule has 0 bridgehead atoms. The molecule has 0 aliphatic carbocycles. The van der Waals surface area contributed by atoms with Gasteiger partial charge in [0.05, 0.1) is 0 Å². The molecule has 0 aromatic carbocycles. The maximum Gasteiger partial charge on any atom is 0.291 e. The van der Waals surface area contributed by atoms with Crippen molar-refractivity contribution in [3.8, 4) is 0 Å². The van der Waals surface area contributed by atoms with Crippen LogP contribution in [-0.4, -0.2) is 52.1 Å². The molecule has 0 spiro atoms. The highest BCUT2D eigenvalue weighted by atomic mass is 28.1. The van der Waals surface area contributed by atoms with E-state index in [9.17, 15) is 0 Å². The summed E-state index contributed by atoms with van der Waals surface area (Å²) in [6.07, 6.45) is 0. The molecule has 0 fully saturated rings. The summed E-state index contributed by atoms with van der Waals surface area (Å²) in [5.74, 6) is 0. The Morgan fingerprint density at radius 2 is 0.529 bits per heavy atom. The molecule has 0 rings (SSSR count). The molecule has 0 unspecified atom stereocenters. The van der Waals surface area contributed by atoms with Gasteiger partial charge in [-0.2, -0.15) is 0 Å². The van der Waals surface area contributed by atoms with E-state index in [-0.39, 0.29) is 11.0 Å². The SMILES string of the molecule is O=[N+]([O-])O.O=[N+]([O-])O.O=[N+]([O-])O.O=[N+]([O-])O.[SiH4]. The maximum absolute atomic E-state index is 8.36. The van der Waals surface area contributed by atoms with Crippen molar-refractivity contribution in [2.45, 2.75) is 0 Å². The first-order valence-electron chi connectivity index (χ1n) is 2.26. The fraction of sp³-hybridized carbons (Fsp3) is 0. The Kier molecular flexibility index (Phi) is 39.7. The molecular formula is H8N4O12Si. The van der Waals surface area contributed by atoms with Gasteiger partial charge in [-0.3, -0.25) is 0 Å². The molecule has 17 heteroatoms. The van der Waals surface area contributed by atoms with Gasteiger partial charge in [-0.15, -0.1) is 40.5 Å². The molecule has 17 heavy (non-hydrogen) atoms. The number of hydrogen-bond donors (Lipinski definition) is 4. The highest BCUT2D eigenvalue weighted by molar-refractivity contribution is 5.75. The van der Waals surface area contributed by atoms with Gasteiger partial charge in [0.1, 0.15) is 0 Å². The molecule has 0 saturated carbocycles. The van der Waals surface area contributed by atoms with Crippen LogP contribution in [0.5, 0.6) is 0 Å². The zero-order valence-electron chi connectivity index (χ0n) is 6.84. The first-order valence-corrected chi connectivity index (χ1v) is 2.26. The van der Waals surface area contributed by atoms with E-state index in [1.54, 1.807) is 0 Å². The number of hydrogen-bond acceptors (Lipinski definition) is 8. The summed E-state index contributed by atoms with van der Waals surface area (Å²) in [7, 11) is 0. The second-order valence-corrected chi connectivity index (χ2v) is 0.951. The third-order valence-electron chi connectivity index (χ3n) is 0. The van der Waals surface area contributed by atoms with E-state index in [1.165, 1.54) is 0 Å². The van der Waals surface area contributed by atoms with Crippen LogP contribution in [0, 0.1) is 40.5 Å². The second kappa shape index (κ2) is 23.1. The highest BCUT2D eigenvalue weighted by Gasteiger charge is 1.66. The first kappa shape index (κ1) is 29.2.